The molecule has 100 valence electrons. The maximum Gasteiger partial charge on any atom is 0.0965 e. The molecule has 0 spiro atoms. The normalized spacial score (nSPS) is 21.8. The Morgan fingerprint density at radius 1 is 1.50 bits per heavy atom. The van der Waals surface area contributed by atoms with Crippen molar-refractivity contribution in [3.63, 3.8) is 0 Å². The Bertz CT molecular complexity index is 397. The molecule has 0 saturated carbocycles. The summed E-state index contributed by atoms with van der Waals surface area (Å²) in [7, 11) is 1.94. The van der Waals surface area contributed by atoms with Crippen LogP contribution in [0.5, 0.6) is 0 Å². The molecule has 1 N–H and O–H groups in total. The summed E-state index contributed by atoms with van der Waals surface area (Å²) in [5.74, 6) is 0. The van der Waals surface area contributed by atoms with E-state index in [1.807, 2.05) is 25.2 Å². The maximum absolute atomic E-state index is 6.24. The van der Waals surface area contributed by atoms with Crippen LogP contribution in [0.4, 0.5) is 0 Å². The minimum absolute atomic E-state index is 0.0865. The number of ether oxygens (including phenoxy) is 2. The van der Waals surface area contributed by atoms with Crippen molar-refractivity contribution in [3.8, 4) is 0 Å². The summed E-state index contributed by atoms with van der Waals surface area (Å²) >= 11 is 9.65. The van der Waals surface area contributed by atoms with Crippen molar-refractivity contribution in [2.75, 3.05) is 26.9 Å². The van der Waals surface area contributed by atoms with Gasteiger partial charge in [0.05, 0.1) is 25.9 Å². The first kappa shape index (κ1) is 14.3. The van der Waals surface area contributed by atoms with E-state index in [0.717, 1.165) is 21.5 Å². The molecule has 1 aliphatic heterocycles. The van der Waals surface area contributed by atoms with Crippen LogP contribution in [0.15, 0.2) is 22.7 Å². The zero-order valence-electron chi connectivity index (χ0n) is 10.3. The topological polar surface area (TPSA) is 30.5 Å². The van der Waals surface area contributed by atoms with Gasteiger partial charge < -0.3 is 14.8 Å². The first-order valence-corrected chi connectivity index (χ1v) is 7.18. The van der Waals surface area contributed by atoms with Gasteiger partial charge in [-0.3, -0.25) is 0 Å². The Morgan fingerprint density at radius 3 is 2.94 bits per heavy atom. The van der Waals surface area contributed by atoms with Crippen molar-refractivity contribution >= 4 is 27.5 Å². The number of hydrogen-bond donors (Lipinski definition) is 1. The van der Waals surface area contributed by atoms with Crippen molar-refractivity contribution in [1.29, 1.82) is 0 Å². The predicted molar refractivity (Wildman–Crippen MR) is 76.3 cm³/mol. The summed E-state index contributed by atoms with van der Waals surface area (Å²) in [5.41, 5.74) is 1.12. The van der Waals surface area contributed by atoms with Gasteiger partial charge in [0, 0.05) is 15.5 Å². The summed E-state index contributed by atoms with van der Waals surface area (Å²) in [5, 5.41) is 4.07. The molecule has 18 heavy (non-hydrogen) atoms. The van der Waals surface area contributed by atoms with Gasteiger partial charge in [0.25, 0.3) is 0 Å². The van der Waals surface area contributed by atoms with Gasteiger partial charge in [0.2, 0.25) is 0 Å². The second kappa shape index (κ2) is 6.87. The molecule has 1 aromatic carbocycles. The Kier molecular flexibility index (Phi) is 5.45. The standard InChI is InChI=1S/C13H17BrClNO2/c1-16-12(13-8-17-4-5-18-13)6-9-2-3-10(14)7-11(9)15/h2-3,7,12-13,16H,4-6,8H2,1H3. The Labute approximate surface area is 121 Å². The minimum atomic E-state index is 0.0865. The zero-order valence-corrected chi connectivity index (χ0v) is 12.6. The lowest BCUT2D eigenvalue weighted by Crippen LogP contribution is -2.46. The fraction of sp³-hybridized carbons (Fsp3) is 0.538. The van der Waals surface area contributed by atoms with E-state index in [1.165, 1.54) is 0 Å². The quantitative estimate of drug-likeness (QED) is 0.918. The van der Waals surface area contributed by atoms with E-state index in [4.69, 9.17) is 21.1 Å². The fourth-order valence-electron chi connectivity index (χ4n) is 2.08. The van der Waals surface area contributed by atoms with Crippen molar-refractivity contribution in [3.05, 3.63) is 33.3 Å². The molecular formula is C13H17BrClNO2. The maximum atomic E-state index is 6.24. The summed E-state index contributed by atoms with van der Waals surface area (Å²) in [6, 6.07) is 6.18. The lowest BCUT2D eigenvalue weighted by Gasteiger charge is -2.30. The molecule has 1 aliphatic rings. The summed E-state index contributed by atoms with van der Waals surface area (Å²) < 4.78 is 12.2. The van der Waals surface area contributed by atoms with E-state index in [0.29, 0.717) is 19.8 Å². The Hall–Kier alpha value is -0.130. The van der Waals surface area contributed by atoms with Crippen LogP contribution < -0.4 is 5.32 Å². The summed E-state index contributed by atoms with van der Waals surface area (Å²) in [6.45, 7) is 1.99. The van der Waals surface area contributed by atoms with Gasteiger partial charge >= 0.3 is 0 Å². The van der Waals surface area contributed by atoms with Crippen molar-refractivity contribution in [1.82, 2.24) is 5.32 Å². The number of hydrogen-bond acceptors (Lipinski definition) is 3. The summed E-state index contributed by atoms with van der Waals surface area (Å²) in [6.07, 6.45) is 0.917. The molecule has 0 bridgehead atoms. The Morgan fingerprint density at radius 2 is 2.33 bits per heavy atom. The molecule has 2 atom stereocenters. The highest BCUT2D eigenvalue weighted by molar-refractivity contribution is 9.10. The van der Waals surface area contributed by atoms with Crippen LogP contribution in [0, 0.1) is 0 Å². The second-order valence-electron chi connectivity index (χ2n) is 4.32. The first-order chi connectivity index (χ1) is 8.70. The van der Waals surface area contributed by atoms with E-state index in [-0.39, 0.29) is 12.1 Å². The van der Waals surface area contributed by atoms with Crippen LogP contribution >= 0.6 is 27.5 Å². The van der Waals surface area contributed by atoms with Crippen LogP contribution in [-0.4, -0.2) is 39.0 Å². The van der Waals surface area contributed by atoms with E-state index >= 15 is 0 Å². The highest BCUT2D eigenvalue weighted by Gasteiger charge is 2.24. The van der Waals surface area contributed by atoms with Gasteiger partial charge in [-0.15, -0.1) is 0 Å². The van der Waals surface area contributed by atoms with Crippen molar-refractivity contribution < 1.29 is 9.47 Å². The van der Waals surface area contributed by atoms with Crippen LogP contribution in [-0.2, 0) is 15.9 Å². The minimum Gasteiger partial charge on any atom is -0.376 e. The molecule has 1 aromatic rings. The van der Waals surface area contributed by atoms with Gasteiger partial charge in [-0.2, -0.15) is 0 Å². The number of benzene rings is 1. The third-order valence-corrected chi connectivity index (χ3v) is 3.96. The monoisotopic (exact) mass is 333 g/mol. The molecule has 0 radical (unpaired) electrons. The smallest absolute Gasteiger partial charge is 0.0965 e. The highest BCUT2D eigenvalue weighted by Crippen LogP contribution is 2.23. The number of rotatable bonds is 4. The fourth-order valence-corrected chi connectivity index (χ4v) is 2.83. The second-order valence-corrected chi connectivity index (χ2v) is 5.64. The SMILES string of the molecule is CNC(Cc1ccc(Br)cc1Cl)C1COCCO1. The molecule has 1 heterocycles. The number of nitrogens with one attached hydrogen (secondary N) is 1. The zero-order chi connectivity index (χ0) is 13.0. The lowest BCUT2D eigenvalue weighted by atomic mass is 10.0. The number of likely N-dealkylation sites (N-methyl/N-ethyl adjacent to an activating group) is 1. The molecule has 2 rings (SSSR count). The van der Waals surface area contributed by atoms with Crippen molar-refractivity contribution in [2.24, 2.45) is 0 Å². The molecule has 2 unspecified atom stereocenters. The van der Waals surface area contributed by atoms with Gasteiger partial charge in [-0.25, -0.2) is 0 Å². The number of halogens is 2. The van der Waals surface area contributed by atoms with Crippen LogP contribution in [0.25, 0.3) is 0 Å². The lowest BCUT2D eigenvalue weighted by molar-refractivity contribution is -0.100. The Balaban J connectivity index is 2.04. The van der Waals surface area contributed by atoms with Gasteiger partial charge in [-0.05, 0) is 31.2 Å². The van der Waals surface area contributed by atoms with Crippen LogP contribution in [0.2, 0.25) is 5.02 Å². The predicted octanol–water partition coefficient (Wildman–Crippen LogP) is 2.65. The summed E-state index contributed by atoms with van der Waals surface area (Å²) in [4.78, 5) is 0. The largest absolute Gasteiger partial charge is 0.376 e. The molecule has 3 nitrogen and oxygen atoms in total. The van der Waals surface area contributed by atoms with E-state index < -0.39 is 0 Å². The van der Waals surface area contributed by atoms with E-state index in [2.05, 4.69) is 21.2 Å². The average molecular weight is 335 g/mol. The third-order valence-electron chi connectivity index (χ3n) is 3.12. The van der Waals surface area contributed by atoms with Crippen LogP contribution in [0.3, 0.4) is 0 Å². The third kappa shape index (κ3) is 3.68. The molecule has 0 amide bonds. The molecule has 1 saturated heterocycles. The van der Waals surface area contributed by atoms with E-state index in [1.54, 1.807) is 0 Å². The average Bonchev–Trinajstić information content (AvgIpc) is 2.39. The highest BCUT2D eigenvalue weighted by atomic mass is 79.9. The molecule has 1 fully saturated rings. The van der Waals surface area contributed by atoms with E-state index in [9.17, 15) is 0 Å². The molecule has 5 heteroatoms. The van der Waals surface area contributed by atoms with Crippen LogP contribution in [0.1, 0.15) is 5.56 Å². The molecule has 0 aromatic heterocycles. The van der Waals surface area contributed by atoms with Gasteiger partial charge in [-0.1, -0.05) is 33.6 Å². The van der Waals surface area contributed by atoms with Gasteiger partial charge in [0.15, 0.2) is 0 Å². The molecule has 0 aliphatic carbocycles. The van der Waals surface area contributed by atoms with Crippen molar-refractivity contribution in [2.45, 2.75) is 18.6 Å². The van der Waals surface area contributed by atoms with Gasteiger partial charge in [0.1, 0.15) is 0 Å². The molecular weight excluding hydrogens is 318 g/mol. The first-order valence-electron chi connectivity index (χ1n) is 6.01.